The first-order valence-electron chi connectivity index (χ1n) is 14.0. The molecule has 5 rings (SSSR count). The van der Waals surface area contributed by atoms with E-state index in [4.69, 9.17) is 4.74 Å². The van der Waals surface area contributed by atoms with Crippen LogP contribution in [0.15, 0.2) is 64.2 Å². The summed E-state index contributed by atoms with van der Waals surface area (Å²) in [5.41, 5.74) is 1.97. The molecule has 2 N–H and O–H groups in total. The van der Waals surface area contributed by atoms with Crippen LogP contribution < -0.4 is 0 Å². The van der Waals surface area contributed by atoms with E-state index >= 15 is 0 Å². The SMILES string of the molecule is C[C@@H](O)/C=C/[C@](C)(O)[C@H]1CC[C@H]2C3=CC(=O)[C@@H]4CC(=CC[C@H](OC(=O)c5ccc(Br)cc5)C4)[C@H]3CC[C@@]21C. The van der Waals surface area contributed by atoms with Gasteiger partial charge in [0.15, 0.2) is 5.78 Å². The highest BCUT2D eigenvalue weighted by Gasteiger charge is 2.57. The first-order chi connectivity index (χ1) is 18.0. The molecule has 204 valence electrons. The van der Waals surface area contributed by atoms with Crippen LogP contribution in [0.2, 0.25) is 0 Å². The molecule has 0 unspecified atom stereocenters. The van der Waals surface area contributed by atoms with Crippen molar-refractivity contribution in [2.75, 3.05) is 0 Å². The number of ether oxygens (including phenoxy) is 1. The number of rotatable bonds is 5. The maximum Gasteiger partial charge on any atom is 0.338 e. The molecule has 1 aromatic carbocycles. The van der Waals surface area contributed by atoms with Crippen LogP contribution >= 0.6 is 15.9 Å². The number of benzene rings is 1. The van der Waals surface area contributed by atoms with Gasteiger partial charge in [-0.2, -0.15) is 0 Å². The average Bonchev–Trinajstić information content (AvgIpc) is 3.01. The van der Waals surface area contributed by atoms with E-state index in [0.717, 1.165) is 36.6 Å². The molecular formula is C32H39BrO5. The van der Waals surface area contributed by atoms with Crippen molar-refractivity contribution >= 4 is 27.7 Å². The van der Waals surface area contributed by atoms with Crippen LogP contribution in [0.25, 0.3) is 0 Å². The number of fused-ring (bicyclic) bond motifs is 6. The maximum atomic E-state index is 13.6. The van der Waals surface area contributed by atoms with Crippen LogP contribution in [0.4, 0.5) is 0 Å². The number of carbonyl (C=O) groups excluding carboxylic acids is 2. The number of allylic oxidation sites excluding steroid dienone is 3. The highest BCUT2D eigenvalue weighted by molar-refractivity contribution is 9.10. The number of carbonyl (C=O) groups is 2. The zero-order chi connectivity index (χ0) is 27.2. The third kappa shape index (κ3) is 5.24. The predicted molar refractivity (Wildman–Crippen MR) is 150 cm³/mol. The molecule has 4 aliphatic carbocycles. The molecule has 4 aliphatic rings. The fourth-order valence-corrected chi connectivity index (χ4v) is 8.10. The van der Waals surface area contributed by atoms with E-state index in [1.54, 1.807) is 31.2 Å². The minimum atomic E-state index is -1.01. The van der Waals surface area contributed by atoms with Crippen LogP contribution in [0.1, 0.15) is 76.1 Å². The molecule has 1 aromatic rings. The quantitative estimate of drug-likeness (QED) is 0.312. The van der Waals surface area contributed by atoms with Crippen molar-refractivity contribution in [1.82, 2.24) is 0 Å². The fraction of sp³-hybridized carbons (Fsp3) is 0.562. The molecule has 0 amide bonds. The van der Waals surface area contributed by atoms with E-state index < -0.39 is 11.7 Å². The Labute approximate surface area is 234 Å². The normalized spacial score (nSPS) is 35.2. The van der Waals surface area contributed by atoms with E-state index in [1.807, 2.05) is 25.1 Å². The van der Waals surface area contributed by atoms with Crippen molar-refractivity contribution in [3.63, 3.8) is 0 Å². The van der Waals surface area contributed by atoms with Crippen LogP contribution in [0.5, 0.6) is 0 Å². The van der Waals surface area contributed by atoms with Crippen LogP contribution in [-0.2, 0) is 9.53 Å². The lowest BCUT2D eigenvalue weighted by molar-refractivity contribution is -0.119. The summed E-state index contributed by atoms with van der Waals surface area (Å²) in [5.74, 6) is 0.196. The lowest BCUT2D eigenvalue weighted by Crippen LogP contribution is -2.45. The van der Waals surface area contributed by atoms with Gasteiger partial charge in [0.05, 0.1) is 17.3 Å². The molecule has 0 aliphatic heterocycles. The van der Waals surface area contributed by atoms with Gasteiger partial charge >= 0.3 is 5.97 Å². The second-order valence-electron chi connectivity index (χ2n) is 12.3. The number of aliphatic hydroxyl groups excluding tert-OH is 1. The largest absolute Gasteiger partial charge is 0.458 e. The smallest absolute Gasteiger partial charge is 0.338 e. The van der Waals surface area contributed by atoms with Gasteiger partial charge in [0, 0.05) is 22.7 Å². The van der Waals surface area contributed by atoms with Crippen LogP contribution in [0, 0.1) is 29.1 Å². The molecule has 0 aromatic heterocycles. The second kappa shape index (κ2) is 10.5. The number of hydrogen-bond donors (Lipinski definition) is 2. The maximum absolute atomic E-state index is 13.6. The second-order valence-corrected chi connectivity index (χ2v) is 13.3. The molecule has 5 nitrogen and oxygen atoms in total. The van der Waals surface area contributed by atoms with Gasteiger partial charge in [-0.25, -0.2) is 4.79 Å². The Morgan fingerprint density at radius 3 is 2.68 bits per heavy atom. The number of ketones is 1. The Bertz CT molecular complexity index is 1180. The van der Waals surface area contributed by atoms with Gasteiger partial charge in [-0.1, -0.05) is 52.2 Å². The number of halogens is 1. The topological polar surface area (TPSA) is 83.8 Å². The number of hydrogen-bond acceptors (Lipinski definition) is 5. The van der Waals surface area contributed by atoms with Crippen molar-refractivity contribution in [3.05, 3.63) is 69.8 Å². The molecular weight excluding hydrogens is 544 g/mol. The third-order valence-electron chi connectivity index (χ3n) is 9.72. The summed E-state index contributed by atoms with van der Waals surface area (Å²) in [6.45, 7) is 5.84. The average molecular weight is 584 g/mol. The molecule has 2 saturated carbocycles. The molecule has 8 atom stereocenters. The summed E-state index contributed by atoms with van der Waals surface area (Å²) in [6, 6.07) is 7.14. The number of aliphatic hydroxyl groups is 2. The van der Waals surface area contributed by atoms with Crippen molar-refractivity contribution in [2.24, 2.45) is 29.1 Å². The minimum Gasteiger partial charge on any atom is -0.458 e. The van der Waals surface area contributed by atoms with Gasteiger partial charge in [-0.15, -0.1) is 0 Å². The summed E-state index contributed by atoms with van der Waals surface area (Å²) < 4.78 is 6.79. The molecule has 2 fully saturated rings. The standard InChI is InChI=1S/C32H39BrO5/c1-19(34)12-15-32(3,37)29-11-10-27-26-18-28(35)22-16-21(25(26)13-14-31(27,29)2)6-9-24(17-22)38-30(36)20-4-7-23(33)8-5-20/h4-8,12,15,18-19,22,24-25,27,29,34,37H,9-11,13-14,16-17H2,1-3H3/b15-12+/t19-,22-,24+,25-,27+,29+,31+,32+/m1/s1. The third-order valence-corrected chi connectivity index (χ3v) is 10.2. The van der Waals surface area contributed by atoms with Crippen molar-refractivity contribution < 1.29 is 24.5 Å². The van der Waals surface area contributed by atoms with Crippen molar-refractivity contribution in [2.45, 2.75) is 83.5 Å². The van der Waals surface area contributed by atoms with E-state index in [0.29, 0.717) is 18.4 Å². The Balaban J connectivity index is 1.36. The molecule has 0 spiro atoms. The molecule has 0 saturated heterocycles. The highest BCUT2D eigenvalue weighted by Crippen LogP contribution is 2.63. The summed E-state index contributed by atoms with van der Waals surface area (Å²) in [5, 5.41) is 21.2. The van der Waals surface area contributed by atoms with Crippen molar-refractivity contribution in [3.8, 4) is 0 Å². The fourth-order valence-electron chi connectivity index (χ4n) is 7.84. The Morgan fingerprint density at radius 2 is 1.97 bits per heavy atom. The Morgan fingerprint density at radius 1 is 1.24 bits per heavy atom. The van der Waals surface area contributed by atoms with E-state index in [-0.39, 0.29) is 46.9 Å². The number of esters is 1. The van der Waals surface area contributed by atoms with Gasteiger partial charge in [0.2, 0.25) is 0 Å². The molecule has 6 heteroatoms. The van der Waals surface area contributed by atoms with Crippen molar-refractivity contribution in [1.29, 1.82) is 0 Å². The van der Waals surface area contributed by atoms with Gasteiger partial charge in [0.1, 0.15) is 6.10 Å². The van der Waals surface area contributed by atoms with Gasteiger partial charge in [-0.3, -0.25) is 4.79 Å². The summed E-state index contributed by atoms with van der Waals surface area (Å²) in [7, 11) is 0. The zero-order valence-corrected chi connectivity index (χ0v) is 24.1. The van der Waals surface area contributed by atoms with E-state index in [2.05, 4.69) is 28.9 Å². The Hall–Kier alpha value is -2.02. The molecule has 0 heterocycles. The lowest BCUT2D eigenvalue weighted by atomic mass is 9.57. The van der Waals surface area contributed by atoms with Crippen LogP contribution in [0.3, 0.4) is 0 Å². The van der Waals surface area contributed by atoms with E-state index in [1.165, 1.54) is 11.1 Å². The first kappa shape index (κ1) is 27.5. The summed E-state index contributed by atoms with van der Waals surface area (Å²) in [4.78, 5) is 26.4. The summed E-state index contributed by atoms with van der Waals surface area (Å²) >= 11 is 3.39. The van der Waals surface area contributed by atoms with Gasteiger partial charge in [-0.05, 0) is 100.0 Å². The molecule has 2 bridgehead atoms. The minimum absolute atomic E-state index is 0.0636. The van der Waals surface area contributed by atoms with Crippen LogP contribution in [-0.4, -0.2) is 39.8 Å². The monoisotopic (exact) mass is 582 g/mol. The summed E-state index contributed by atoms with van der Waals surface area (Å²) in [6.07, 6.45) is 12.4. The molecule has 0 radical (unpaired) electrons. The van der Waals surface area contributed by atoms with Gasteiger partial charge < -0.3 is 14.9 Å². The van der Waals surface area contributed by atoms with E-state index in [9.17, 15) is 19.8 Å². The lowest BCUT2D eigenvalue weighted by Gasteiger charge is -2.49. The zero-order valence-electron chi connectivity index (χ0n) is 22.5. The Kier molecular flexibility index (Phi) is 7.62. The first-order valence-corrected chi connectivity index (χ1v) is 14.8. The predicted octanol–water partition coefficient (Wildman–Crippen LogP) is 6.34. The highest BCUT2D eigenvalue weighted by atomic mass is 79.9. The molecule has 38 heavy (non-hydrogen) atoms. The van der Waals surface area contributed by atoms with Gasteiger partial charge in [0.25, 0.3) is 0 Å².